The summed E-state index contributed by atoms with van der Waals surface area (Å²) in [4.78, 5) is 0. The minimum absolute atomic E-state index is 0.293. The molecule has 0 heterocycles. The third-order valence-corrected chi connectivity index (χ3v) is 2.58. The molecule has 0 saturated heterocycles. The third kappa shape index (κ3) is 1.68. The lowest BCUT2D eigenvalue weighted by Gasteiger charge is -2.21. The molecule has 0 unspecified atom stereocenters. The predicted octanol–water partition coefficient (Wildman–Crippen LogP) is 2.74. The van der Waals surface area contributed by atoms with Crippen molar-refractivity contribution in [1.29, 1.82) is 0 Å². The zero-order valence-electron chi connectivity index (χ0n) is 8.99. The Hall–Kier alpha value is -1.54. The monoisotopic (exact) mass is 201 g/mol. The Labute approximate surface area is 89.3 Å². The van der Waals surface area contributed by atoms with Crippen molar-refractivity contribution in [2.24, 2.45) is 5.73 Å². The van der Waals surface area contributed by atoms with Gasteiger partial charge in [0.25, 0.3) is 0 Å². The Kier molecular flexibility index (Phi) is 2.16. The molecule has 78 valence electrons. The summed E-state index contributed by atoms with van der Waals surface area (Å²) in [6.45, 7) is 3.88. The van der Waals surface area contributed by atoms with E-state index in [-0.39, 0.29) is 0 Å². The lowest BCUT2D eigenvalue weighted by atomic mass is 9.90. The van der Waals surface area contributed by atoms with Crippen LogP contribution in [0.15, 0.2) is 36.4 Å². The van der Waals surface area contributed by atoms with Gasteiger partial charge in [-0.05, 0) is 30.9 Å². The minimum atomic E-state index is -0.446. The number of rotatable bonds is 1. The van der Waals surface area contributed by atoms with Gasteiger partial charge < -0.3 is 10.8 Å². The second kappa shape index (κ2) is 3.24. The van der Waals surface area contributed by atoms with E-state index in [2.05, 4.69) is 0 Å². The Bertz CT molecular complexity index is 492. The summed E-state index contributed by atoms with van der Waals surface area (Å²) in [5.41, 5.74) is 6.61. The molecule has 2 heteroatoms. The quantitative estimate of drug-likeness (QED) is 0.745. The first kappa shape index (κ1) is 9.99. The molecule has 0 fully saturated rings. The summed E-state index contributed by atoms with van der Waals surface area (Å²) in [7, 11) is 0. The molecule has 0 saturated carbocycles. The molecule has 0 aromatic heterocycles. The van der Waals surface area contributed by atoms with Crippen molar-refractivity contribution < 1.29 is 5.11 Å². The van der Waals surface area contributed by atoms with Gasteiger partial charge in [0.05, 0.1) is 0 Å². The van der Waals surface area contributed by atoms with Crippen LogP contribution in [-0.4, -0.2) is 5.11 Å². The van der Waals surface area contributed by atoms with E-state index in [1.807, 2.05) is 44.2 Å². The van der Waals surface area contributed by atoms with Crippen LogP contribution in [0, 0.1) is 0 Å². The first-order valence-corrected chi connectivity index (χ1v) is 5.00. The molecule has 0 atom stereocenters. The SMILES string of the molecule is CC(C)(N)c1cccc2cccc(O)c12. The molecule has 0 spiro atoms. The van der Waals surface area contributed by atoms with E-state index in [1.54, 1.807) is 6.07 Å². The first-order chi connectivity index (χ1) is 7.00. The van der Waals surface area contributed by atoms with Crippen LogP contribution < -0.4 is 5.73 Å². The fourth-order valence-corrected chi connectivity index (χ4v) is 1.86. The zero-order valence-corrected chi connectivity index (χ0v) is 8.99. The summed E-state index contributed by atoms with van der Waals surface area (Å²) < 4.78 is 0. The highest BCUT2D eigenvalue weighted by atomic mass is 16.3. The van der Waals surface area contributed by atoms with Crippen molar-refractivity contribution in [3.05, 3.63) is 42.0 Å². The van der Waals surface area contributed by atoms with Crippen molar-refractivity contribution in [2.75, 3.05) is 0 Å². The smallest absolute Gasteiger partial charge is 0.123 e. The topological polar surface area (TPSA) is 46.2 Å². The molecule has 2 aromatic rings. The van der Waals surface area contributed by atoms with Crippen molar-refractivity contribution >= 4 is 10.8 Å². The number of fused-ring (bicyclic) bond motifs is 1. The fourth-order valence-electron chi connectivity index (χ4n) is 1.86. The summed E-state index contributed by atoms with van der Waals surface area (Å²) in [6, 6.07) is 11.4. The molecule has 2 aromatic carbocycles. The standard InChI is InChI=1S/C13H15NO/c1-13(2,14)10-7-3-5-9-6-4-8-11(15)12(9)10/h3-8,15H,14H2,1-2H3. The van der Waals surface area contributed by atoms with Gasteiger partial charge in [-0.25, -0.2) is 0 Å². The molecule has 15 heavy (non-hydrogen) atoms. The molecule has 3 N–H and O–H groups in total. The average molecular weight is 201 g/mol. The van der Waals surface area contributed by atoms with Crippen molar-refractivity contribution in [1.82, 2.24) is 0 Å². The molecule has 0 aliphatic carbocycles. The molecule has 2 rings (SSSR count). The normalized spacial score (nSPS) is 11.9. The third-order valence-electron chi connectivity index (χ3n) is 2.58. The minimum Gasteiger partial charge on any atom is -0.507 e. The van der Waals surface area contributed by atoms with Crippen LogP contribution in [0.2, 0.25) is 0 Å². The Morgan fingerprint density at radius 2 is 1.67 bits per heavy atom. The molecule has 0 aliphatic rings. The summed E-state index contributed by atoms with van der Waals surface area (Å²) in [5.74, 6) is 0.293. The van der Waals surface area contributed by atoms with Gasteiger partial charge in [-0.15, -0.1) is 0 Å². The Morgan fingerprint density at radius 3 is 2.27 bits per heavy atom. The highest BCUT2D eigenvalue weighted by Crippen LogP contribution is 2.32. The summed E-state index contributed by atoms with van der Waals surface area (Å²) in [5, 5.41) is 11.7. The van der Waals surface area contributed by atoms with Gasteiger partial charge in [-0.1, -0.05) is 30.3 Å². The van der Waals surface area contributed by atoms with Crippen LogP contribution in [-0.2, 0) is 5.54 Å². The Balaban J connectivity index is 2.86. The van der Waals surface area contributed by atoms with Crippen molar-refractivity contribution in [3.8, 4) is 5.75 Å². The van der Waals surface area contributed by atoms with E-state index < -0.39 is 5.54 Å². The van der Waals surface area contributed by atoms with E-state index in [1.165, 1.54) is 0 Å². The maximum absolute atomic E-state index is 9.86. The number of phenols is 1. The van der Waals surface area contributed by atoms with Crippen LogP contribution in [0.1, 0.15) is 19.4 Å². The van der Waals surface area contributed by atoms with Crippen LogP contribution in [0.3, 0.4) is 0 Å². The average Bonchev–Trinajstić information content (AvgIpc) is 2.16. The predicted molar refractivity (Wildman–Crippen MR) is 62.8 cm³/mol. The highest BCUT2D eigenvalue weighted by molar-refractivity contribution is 5.91. The second-order valence-electron chi connectivity index (χ2n) is 4.40. The van der Waals surface area contributed by atoms with Crippen LogP contribution in [0.5, 0.6) is 5.75 Å². The molecular formula is C13H15NO. The second-order valence-corrected chi connectivity index (χ2v) is 4.40. The molecule has 0 aliphatic heterocycles. The number of aromatic hydroxyl groups is 1. The molecule has 0 amide bonds. The fraction of sp³-hybridized carbons (Fsp3) is 0.231. The van der Waals surface area contributed by atoms with E-state index in [4.69, 9.17) is 5.73 Å². The first-order valence-electron chi connectivity index (χ1n) is 5.00. The maximum Gasteiger partial charge on any atom is 0.123 e. The zero-order chi connectivity index (χ0) is 11.1. The largest absolute Gasteiger partial charge is 0.507 e. The van der Waals surface area contributed by atoms with Gasteiger partial charge >= 0.3 is 0 Å². The van der Waals surface area contributed by atoms with E-state index in [9.17, 15) is 5.11 Å². The molecular weight excluding hydrogens is 186 g/mol. The number of benzene rings is 2. The van der Waals surface area contributed by atoms with Gasteiger partial charge in [0, 0.05) is 10.9 Å². The van der Waals surface area contributed by atoms with Gasteiger partial charge in [-0.2, -0.15) is 0 Å². The van der Waals surface area contributed by atoms with E-state index in [0.29, 0.717) is 5.75 Å². The van der Waals surface area contributed by atoms with Gasteiger partial charge in [0.2, 0.25) is 0 Å². The molecule has 0 bridgehead atoms. The lowest BCUT2D eigenvalue weighted by Crippen LogP contribution is -2.28. The molecule has 2 nitrogen and oxygen atoms in total. The number of hydrogen-bond donors (Lipinski definition) is 2. The van der Waals surface area contributed by atoms with Crippen LogP contribution in [0.4, 0.5) is 0 Å². The molecule has 0 radical (unpaired) electrons. The Morgan fingerprint density at radius 1 is 1.07 bits per heavy atom. The van der Waals surface area contributed by atoms with E-state index in [0.717, 1.165) is 16.3 Å². The highest BCUT2D eigenvalue weighted by Gasteiger charge is 2.18. The summed E-state index contributed by atoms with van der Waals surface area (Å²) >= 11 is 0. The van der Waals surface area contributed by atoms with Crippen molar-refractivity contribution in [2.45, 2.75) is 19.4 Å². The number of nitrogens with two attached hydrogens (primary N) is 1. The lowest BCUT2D eigenvalue weighted by molar-refractivity contribution is 0.478. The number of phenolic OH excluding ortho intramolecular Hbond substituents is 1. The maximum atomic E-state index is 9.86. The number of hydrogen-bond acceptors (Lipinski definition) is 2. The van der Waals surface area contributed by atoms with E-state index >= 15 is 0 Å². The van der Waals surface area contributed by atoms with Crippen LogP contribution >= 0.6 is 0 Å². The van der Waals surface area contributed by atoms with Crippen LogP contribution in [0.25, 0.3) is 10.8 Å². The van der Waals surface area contributed by atoms with Crippen molar-refractivity contribution in [3.63, 3.8) is 0 Å². The summed E-state index contributed by atoms with van der Waals surface area (Å²) in [6.07, 6.45) is 0. The van der Waals surface area contributed by atoms with Gasteiger partial charge in [0.1, 0.15) is 5.75 Å². The van der Waals surface area contributed by atoms with Gasteiger partial charge in [0.15, 0.2) is 0 Å². The van der Waals surface area contributed by atoms with Gasteiger partial charge in [-0.3, -0.25) is 0 Å².